The SMILES string of the molecule is COc1cc2c(cc1NC(=O)C13C[C@@H]4C[C@@H](C1)CC(n1cnc(Br)n1)(C4)C3)oc1ccccc12. The summed E-state index contributed by atoms with van der Waals surface area (Å²) in [5.41, 5.74) is 1.69. The van der Waals surface area contributed by atoms with Gasteiger partial charge in [0.2, 0.25) is 10.6 Å². The summed E-state index contributed by atoms with van der Waals surface area (Å²) in [6, 6.07) is 11.8. The van der Waals surface area contributed by atoms with E-state index in [0.717, 1.165) is 54.0 Å². The molecule has 34 heavy (non-hydrogen) atoms. The van der Waals surface area contributed by atoms with Crippen LogP contribution in [-0.2, 0) is 10.3 Å². The molecule has 8 heteroatoms. The maximum atomic E-state index is 14.0. The topological polar surface area (TPSA) is 82.2 Å². The van der Waals surface area contributed by atoms with Crippen molar-refractivity contribution >= 4 is 49.5 Å². The summed E-state index contributed by atoms with van der Waals surface area (Å²) in [6.07, 6.45) is 7.83. The fourth-order valence-corrected chi connectivity index (χ4v) is 7.75. The van der Waals surface area contributed by atoms with Gasteiger partial charge >= 0.3 is 0 Å². The Hall–Kier alpha value is -2.87. The molecule has 2 aromatic carbocycles. The molecular formula is C26H25BrN4O3. The van der Waals surface area contributed by atoms with E-state index < -0.39 is 5.41 Å². The highest BCUT2D eigenvalue weighted by Gasteiger charge is 2.61. The molecule has 4 saturated carbocycles. The van der Waals surface area contributed by atoms with E-state index in [4.69, 9.17) is 9.15 Å². The number of nitrogens with zero attached hydrogens (tertiary/aromatic N) is 3. The number of hydrogen-bond acceptors (Lipinski definition) is 5. The molecule has 4 aliphatic rings. The van der Waals surface area contributed by atoms with Gasteiger partial charge in [0.05, 0.1) is 23.8 Å². The van der Waals surface area contributed by atoms with Crippen LogP contribution < -0.4 is 10.1 Å². The minimum absolute atomic E-state index is 0.0823. The normalized spacial score (nSPS) is 29.7. The van der Waals surface area contributed by atoms with E-state index in [1.54, 1.807) is 7.11 Å². The molecule has 0 saturated heterocycles. The highest BCUT2D eigenvalue weighted by molar-refractivity contribution is 9.10. The zero-order valence-electron chi connectivity index (χ0n) is 18.9. The average Bonchev–Trinajstić information content (AvgIpc) is 3.41. The van der Waals surface area contributed by atoms with Crippen molar-refractivity contribution in [3.63, 3.8) is 0 Å². The number of methoxy groups -OCH3 is 1. The summed E-state index contributed by atoms with van der Waals surface area (Å²) in [4.78, 5) is 18.3. The van der Waals surface area contributed by atoms with Crippen molar-refractivity contribution in [3.8, 4) is 5.75 Å². The van der Waals surface area contributed by atoms with Crippen LogP contribution in [0.4, 0.5) is 5.69 Å². The van der Waals surface area contributed by atoms with E-state index in [-0.39, 0.29) is 11.4 Å². The number of ether oxygens (including phenoxy) is 1. The lowest BCUT2D eigenvalue weighted by molar-refractivity contribution is -0.150. The summed E-state index contributed by atoms with van der Waals surface area (Å²) in [5.74, 6) is 1.80. The van der Waals surface area contributed by atoms with E-state index in [1.807, 2.05) is 47.4 Å². The van der Waals surface area contributed by atoms with Gasteiger partial charge in [-0.1, -0.05) is 18.2 Å². The monoisotopic (exact) mass is 520 g/mol. The zero-order valence-corrected chi connectivity index (χ0v) is 20.5. The summed E-state index contributed by atoms with van der Waals surface area (Å²) in [6.45, 7) is 0. The van der Waals surface area contributed by atoms with Gasteiger partial charge in [-0.15, -0.1) is 5.10 Å². The first-order valence-electron chi connectivity index (χ1n) is 11.9. The zero-order chi connectivity index (χ0) is 23.1. The molecule has 0 radical (unpaired) electrons. The highest BCUT2D eigenvalue weighted by Crippen LogP contribution is 2.64. The van der Waals surface area contributed by atoms with Crippen molar-refractivity contribution in [1.82, 2.24) is 14.8 Å². The molecule has 174 valence electrons. The summed E-state index contributed by atoms with van der Waals surface area (Å²) < 4.78 is 14.4. The van der Waals surface area contributed by atoms with Crippen LogP contribution in [0.2, 0.25) is 0 Å². The molecule has 4 aromatic rings. The molecule has 4 aliphatic carbocycles. The maximum absolute atomic E-state index is 14.0. The van der Waals surface area contributed by atoms with Gasteiger partial charge in [-0.2, -0.15) is 0 Å². The molecule has 1 amide bonds. The number of fused-ring (bicyclic) bond motifs is 3. The lowest BCUT2D eigenvalue weighted by Gasteiger charge is -2.60. The fraction of sp³-hybridized carbons (Fsp3) is 0.423. The quantitative estimate of drug-likeness (QED) is 0.363. The average molecular weight is 521 g/mol. The van der Waals surface area contributed by atoms with Gasteiger partial charge in [0.15, 0.2) is 0 Å². The molecule has 2 atom stereocenters. The van der Waals surface area contributed by atoms with Crippen LogP contribution in [0.1, 0.15) is 38.5 Å². The Bertz CT molecular complexity index is 1440. The van der Waals surface area contributed by atoms with Crippen LogP contribution in [0.25, 0.3) is 21.9 Å². The number of para-hydroxylation sites is 1. The number of anilines is 1. The molecule has 2 heterocycles. The van der Waals surface area contributed by atoms with Gasteiger partial charge in [-0.3, -0.25) is 4.79 Å². The number of carbonyl (C=O) groups excluding carboxylic acids is 1. The van der Waals surface area contributed by atoms with Crippen LogP contribution in [-0.4, -0.2) is 27.8 Å². The Morgan fingerprint density at radius 3 is 2.68 bits per heavy atom. The predicted octanol–water partition coefficient (Wildman–Crippen LogP) is 5.88. The number of hydrogen-bond donors (Lipinski definition) is 1. The van der Waals surface area contributed by atoms with Crippen LogP contribution >= 0.6 is 15.9 Å². The second-order valence-electron chi connectivity index (χ2n) is 10.5. The first-order chi connectivity index (χ1) is 16.5. The Labute approximate surface area is 205 Å². The lowest BCUT2D eigenvalue weighted by Crippen LogP contribution is -2.60. The van der Waals surface area contributed by atoms with Crippen molar-refractivity contribution in [2.45, 2.75) is 44.1 Å². The van der Waals surface area contributed by atoms with E-state index in [0.29, 0.717) is 28.0 Å². The predicted molar refractivity (Wildman–Crippen MR) is 132 cm³/mol. The van der Waals surface area contributed by atoms with E-state index >= 15 is 0 Å². The van der Waals surface area contributed by atoms with Crippen LogP contribution in [0, 0.1) is 17.3 Å². The maximum Gasteiger partial charge on any atom is 0.230 e. The molecule has 0 unspecified atom stereocenters. The van der Waals surface area contributed by atoms with E-state index in [1.165, 1.54) is 6.42 Å². The van der Waals surface area contributed by atoms with Gasteiger partial charge in [0.1, 0.15) is 23.2 Å². The first-order valence-corrected chi connectivity index (χ1v) is 12.6. The molecule has 4 fully saturated rings. The Kier molecular flexibility index (Phi) is 4.26. The van der Waals surface area contributed by atoms with Crippen LogP contribution in [0.5, 0.6) is 5.75 Å². The van der Waals surface area contributed by atoms with Crippen molar-refractivity contribution in [2.24, 2.45) is 17.3 Å². The van der Waals surface area contributed by atoms with E-state index in [2.05, 4.69) is 31.3 Å². The minimum Gasteiger partial charge on any atom is -0.495 e. The van der Waals surface area contributed by atoms with Gasteiger partial charge in [-0.25, -0.2) is 9.67 Å². The molecule has 8 rings (SSSR count). The lowest BCUT2D eigenvalue weighted by atomic mass is 9.46. The molecule has 0 spiro atoms. The van der Waals surface area contributed by atoms with Crippen LogP contribution in [0.15, 0.2) is 51.9 Å². The number of benzene rings is 2. The molecular weight excluding hydrogens is 496 g/mol. The summed E-state index contributed by atoms with van der Waals surface area (Å²) in [7, 11) is 1.64. The Morgan fingerprint density at radius 1 is 1.15 bits per heavy atom. The first kappa shape index (κ1) is 20.5. The summed E-state index contributed by atoms with van der Waals surface area (Å²) in [5, 5.41) is 9.89. The second-order valence-corrected chi connectivity index (χ2v) is 11.2. The third-order valence-corrected chi connectivity index (χ3v) is 8.77. The van der Waals surface area contributed by atoms with Gasteiger partial charge in [0.25, 0.3) is 0 Å². The molecule has 2 aromatic heterocycles. The van der Waals surface area contributed by atoms with Crippen molar-refractivity contribution in [1.29, 1.82) is 0 Å². The minimum atomic E-state index is -0.406. The Balaban J connectivity index is 1.26. The number of halogens is 1. The molecule has 0 aliphatic heterocycles. The third-order valence-electron chi connectivity index (χ3n) is 8.41. The molecule has 4 bridgehead atoms. The van der Waals surface area contributed by atoms with Crippen molar-refractivity contribution in [3.05, 3.63) is 47.5 Å². The fourth-order valence-electron chi connectivity index (χ4n) is 7.49. The highest BCUT2D eigenvalue weighted by atomic mass is 79.9. The van der Waals surface area contributed by atoms with E-state index in [9.17, 15) is 4.79 Å². The molecule has 7 nitrogen and oxygen atoms in total. The van der Waals surface area contributed by atoms with Gasteiger partial charge in [-0.05, 0) is 78.4 Å². The number of aromatic nitrogens is 3. The van der Waals surface area contributed by atoms with Crippen molar-refractivity contribution in [2.75, 3.05) is 12.4 Å². The summed E-state index contributed by atoms with van der Waals surface area (Å²) >= 11 is 3.40. The smallest absolute Gasteiger partial charge is 0.230 e. The third kappa shape index (κ3) is 2.90. The van der Waals surface area contributed by atoms with Gasteiger partial charge < -0.3 is 14.5 Å². The standard InChI is InChI=1S/C26H25BrN4O3/c1-33-22-7-18-17-4-2-3-5-20(17)34-21(18)8-19(22)29-23(32)25-9-15-6-16(10-25)12-26(11-15,13-25)31-14-28-24(27)30-31/h2-5,7-8,14-16H,6,9-13H2,1H3,(H,29,32)/t15-,16-,25?,26?/m0/s1. The number of carbonyl (C=O) groups is 1. The van der Waals surface area contributed by atoms with Gasteiger partial charge in [0, 0.05) is 16.8 Å². The largest absolute Gasteiger partial charge is 0.495 e. The number of furan rings is 1. The number of rotatable bonds is 4. The molecule has 1 N–H and O–H groups in total. The second kappa shape index (κ2) is 7.07. The number of amides is 1. The Morgan fingerprint density at radius 2 is 1.94 bits per heavy atom. The number of nitrogens with one attached hydrogen (secondary N) is 1. The van der Waals surface area contributed by atoms with Crippen molar-refractivity contribution < 1.29 is 13.9 Å². The van der Waals surface area contributed by atoms with Crippen LogP contribution in [0.3, 0.4) is 0 Å².